The van der Waals surface area contributed by atoms with E-state index in [4.69, 9.17) is 4.74 Å². The summed E-state index contributed by atoms with van der Waals surface area (Å²) in [6.45, 7) is 0.716. The maximum atomic E-state index is 12.1. The van der Waals surface area contributed by atoms with E-state index in [9.17, 15) is 10.1 Å². The predicted molar refractivity (Wildman–Crippen MR) is 87.2 cm³/mol. The predicted octanol–water partition coefficient (Wildman–Crippen LogP) is 2.31. The highest BCUT2D eigenvalue weighted by atomic mass is 16.5. The number of fused-ring (bicyclic) bond motifs is 1. The van der Waals surface area contributed by atoms with Crippen LogP contribution in [0.2, 0.25) is 0 Å². The Morgan fingerprint density at radius 2 is 2.04 bits per heavy atom. The molecule has 0 fully saturated rings. The van der Waals surface area contributed by atoms with Crippen LogP contribution < -0.4 is 5.56 Å². The molecule has 1 aromatic heterocycles. The number of benzene rings is 1. The van der Waals surface area contributed by atoms with Gasteiger partial charge in [0.05, 0.1) is 18.8 Å². The van der Waals surface area contributed by atoms with E-state index in [0.717, 1.165) is 18.4 Å². The molecule has 1 aliphatic rings. The summed E-state index contributed by atoms with van der Waals surface area (Å²) < 4.78 is 6.33. The third-order valence-electron chi connectivity index (χ3n) is 4.25. The second kappa shape index (κ2) is 6.76. The van der Waals surface area contributed by atoms with E-state index >= 15 is 0 Å². The number of aryl methyl sites for hydroxylation is 2. The molecule has 0 saturated heterocycles. The van der Waals surface area contributed by atoms with Crippen molar-refractivity contribution in [3.63, 3.8) is 0 Å². The van der Waals surface area contributed by atoms with Crippen molar-refractivity contribution in [2.75, 3.05) is 13.7 Å². The molecule has 1 heterocycles. The van der Waals surface area contributed by atoms with Crippen LogP contribution in [-0.2, 0) is 24.1 Å². The maximum Gasteiger partial charge on any atom is 0.284 e. The molecule has 0 atom stereocenters. The topological polar surface area (TPSA) is 67.9 Å². The van der Waals surface area contributed by atoms with Crippen molar-refractivity contribution in [2.45, 2.75) is 32.2 Å². The second-order valence-electron chi connectivity index (χ2n) is 5.77. The Labute approximate surface area is 135 Å². The van der Waals surface area contributed by atoms with Crippen LogP contribution in [0.3, 0.4) is 0 Å². The molecule has 3 rings (SSSR count). The van der Waals surface area contributed by atoms with Crippen LogP contribution in [0.5, 0.6) is 0 Å². The first kappa shape index (κ1) is 15.4. The van der Waals surface area contributed by atoms with Crippen LogP contribution in [0.15, 0.2) is 29.1 Å². The fraction of sp³-hybridized carbons (Fsp3) is 0.389. The third kappa shape index (κ3) is 3.17. The average Bonchev–Trinajstić information content (AvgIpc) is 2.60. The number of rotatable bonds is 4. The monoisotopic (exact) mass is 309 g/mol. The number of ether oxygens (including phenoxy) is 1. The van der Waals surface area contributed by atoms with Gasteiger partial charge in [0, 0.05) is 12.7 Å². The highest BCUT2D eigenvalue weighted by Crippen LogP contribution is 2.26. The Morgan fingerprint density at radius 3 is 2.78 bits per heavy atom. The standard InChI is InChI=1S/C18H19N3O2/c1-23-9-8-21-18(22)16(12-19)11-17(20-21)15-7-6-13-4-2-3-5-14(13)10-15/h6-7,10-11H,2-5,8-9H2,1H3. The molecule has 1 aliphatic carbocycles. The fourth-order valence-electron chi connectivity index (χ4n) is 2.99. The smallest absolute Gasteiger partial charge is 0.284 e. The molecule has 0 unspecified atom stereocenters. The Hall–Kier alpha value is -2.45. The van der Waals surface area contributed by atoms with Gasteiger partial charge < -0.3 is 4.74 Å². The first-order valence-corrected chi connectivity index (χ1v) is 7.86. The zero-order valence-electron chi connectivity index (χ0n) is 13.2. The highest BCUT2D eigenvalue weighted by molar-refractivity contribution is 5.62. The molecule has 0 aliphatic heterocycles. The van der Waals surface area contributed by atoms with Crippen molar-refractivity contribution in [2.24, 2.45) is 0 Å². The van der Waals surface area contributed by atoms with Crippen molar-refractivity contribution in [3.05, 3.63) is 51.3 Å². The van der Waals surface area contributed by atoms with Gasteiger partial charge in [0.1, 0.15) is 11.6 Å². The van der Waals surface area contributed by atoms with Crippen molar-refractivity contribution in [1.29, 1.82) is 5.26 Å². The van der Waals surface area contributed by atoms with Gasteiger partial charge >= 0.3 is 0 Å². The molecule has 0 spiro atoms. The first-order chi connectivity index (χ1) is 11.2. The van der Waals surface area contributed by atoms with Gasteiger partial charge in [-0.15, -0.1) is 0 Å². The van der Waals surface area contributed by atoms with Crippen LogP contribution in [-0.4, -0.2) is 23.5 Å². The minimum atomic E-state index is -0.369. The van der Waals surface area contributed by atoms with Gasteiger partial charge in [0.25, 0.3) is 5.56 Å². The summed E-state index contributed by atoms with van der Waals surface area (Å²) in [4.78, 5) is 12.1. The molecular formula is C18H19N3O2. The van der Waals surface area contributed by atoms with Gasteiger partial charge in [-0.3, -0.25) is 4.79 Å². The second-order valence-corrected chi connectivity index (χ2v) is 5.77. The zero-order valence-corrected chi connectivity index (χ0v) is 13.2. The molecule has 0 amide bonds. The normalized spacial score (nSPS) is 13.4. The molecule has 0 bridgehead atoms. The molecule has 2 aromatic rings. The molecule has 0 radical (unpaired) electrons. The lowest BCUT2D eigenvalue weighted by Crippen LogP contribution is -2.27. The third-order valence-corrected chi connectivity index (χ3v) is 4.25. The minimum Gasteiger partial charge on any atom is -0.383 e. The van der Waals surface area contributed by atoms with Gasteiger partial charge in [-0.1, -0.05) is 12.1 Å². The molecule has 0 N–H and O–H groups in total. The average molecular weight is 309 g/mol. The number of methoxy groups -OCH3 is 1. The Bertz CT molecular complexity index is 818. The first-order valence-electron chi connectivity index (χ1n) is 7.86. The lowest BCUT2D eigenvalue weighted by molar-refractivity contribution is 0.182. The Balaban J connectivity index is 2.05. The van der Waals surface area contributed by atoms with Crippen LogP contribution in [0.4, 0.5) is 0 Å². The van der Waals surface area contributed by atoms with E-state index in [1.54, 1.807) is 13.2 Å². The molecule has 23 heavy (non-hydrogen) atoms. The van der Waals surface area contributed by atoms with Gasteiger partial charge in [0.2, 0.25) is 0 Å². The maximum absolute atomic E-state index is 12.1. The van der Waals surface area contributed by atoms with Gasteiger partial charge in [0.15, 0.2) is 0 Å². The largest absolute Gasteiger partial charge is 0.383 e. The summed E-state index contributed by atoms with van der Waals surface area (Å²) in [7, 11) is 1.57. The van der Waals surface area contributed by atoms with Gasteiger partial charge in [-0.2, -0.15) is 10.4 Å². The van der Waals surface area contributed by atoms with Gasteiger partial charge in [-0.05, 0) is 48.9 Å². The summed E-state index contributed by atoms with van der Waals surface area (Å²) in [6.07, 6.45) is 4.66. The van der Waals surface area contributed by atoms with Crippen molar-refractivity contribution >= 4 is 0 Å². The van der Waals surface area contributed by atoms with Crippen LogP contribution >= 0.6 is 0 Å². The number of hydrogen-bond acceptors (Lipinski definition) is 4. The summed E-state index contributed by atoms with van der Waals surface area (Å²) in [6, 6.07) is 9.86. The van der Waals surface area contributed by atoms with Crippen LogP contribution in [0.25, 0.3) is 11.3 Å². The van der Waals surface area contributed by atoms with Crippen molar-refractivity contribution in [3.8, 4) is 17.3 Å². The minimum absolute atomic E-state index is 0.115. The van der Waals surface area contributed by atoms with Gasteiger partial charge in [-0.25, -0.2) is 4.68 Å². The Kier molecular flexibility index (Phi) is 4.54. The molecular weight excluding hydrogens is 290 g/mol. The lowest BCUT2D eigenvalue weighted by atomic mass is 9.90. The highest BCUT2D eigenvalue weighted by Gasteiger charge is 2.13. The summed E-state index contributed by atoms with van der Waals surface area (Å²) in [5, 5.41) is 13.6. The van der Waals surface area contributed by atoms with Crippen molar-refractivity contribution < 1.29 is 4.74 Å². The number of aromatic nitrogens is 2. The van der Waals surface area contributed by atoms with E-state index in [-0.39, 0.29) is 11.1 Å². The van der Waals surface area contributed by atoms with E-state index < -0.39 is 0 Å². The SMILES string of the molecule is COCCn1nc(-c2ccc3c(c2)CCCC3)cc(C#N)c1=O. The number of nitriles is 1. The summed E-state index contributed by atoms with van der Waals surface area (Å²) in [5.74, 6) is 0. The summed E-state index contributed by atoms with van der Waals surface area (Å²) >= 11 is 0. The van der Waals surface area contributed by atoms with E-state index in [1.807, 2.05) is 12.1 Å². The summed E-state index contributed by atoms with van der Waals surface area (Å²) in [5.41, 5.74) is 4.10. The number of hydrogen-bond donors (Lipinski definition) is 0. The quantitative estimate of drug-likeness (QED) is 0.869. The number of nitrogens with zero attached hydrogens (tertiary/aromatic N) is 3. The van der Waals surface area contributed by atoms with E-state index in [1.165, 1.54) is 28.7 Å². The zero-order chi connectivity index (χ0) is 16.2. The van der Waals surface area contributed by atoms with Crippen LogP contribution in [0.1, 0.15) is 29.5 Å². The molecule has 5 nitrogen and oxygen atoms in total. The molecule has 0 saturated carbocycles. The molecule has 118 valence electrons. The van der Waals surface area contributed by atoms with E-state index in [2.05, 4.69) is 17.2 Å². The molecule has 1 aromatic carbocycles. The van der Waals surface area contributed by atoms with E-state index in [0.29, 0.717) is 18.8 Å². The Morgan fingerprint density at radius 1 is 1.26 bits per heavy atom. The lowest BCUT2D eigenvalue weighted by Gasteiger charge is -2.16. The van der Waals surface area contributed by atoms with Crippen LogP contribution in [0, 0.1) is 11.3 Å². The van der Waals surface area contributed by atoms with Crippen molar-refractivity contribution in [1.82, 2.24) is 9.78 Å². The molecule has 5 heteroatoms. The fourth-order valence-corrected chi connectivity index (χ4v) is 2.99.